The Morgan fingerprint density at radius 1 is 1.00 bits per heavy atom. The van der Waals surface area contributed by atoms with Gasteiger partial charge in [0.05, 0.1) is 12.2 Å². The molecule has 1 N–H and O–H groups in total. The van der Waals surface area contributed by atoms with Gasteiger partial charge in [0.15, 0.2) is 0 Å². The molecule has 0 aromatic carbocycles. The Balaban J connectivity index is 2.59. The highest BCUT2D eigenvalue weighted by molar-refractivity contribution is 4.97. The van der Waals surface area contributed by atoms with Gasteiger partial charge in [-0.05, 0) is 54.4 Å². The van der Waals surface area contributed by atoms with Crippen LogP contribution in [0.1, 0.15) is 67.2 Å². The van der Waals surface area contributed by atoms with Crippen LogP contribution in [0.25, 0.3) is 0 Å². The molecule has 1 aliphatic rings. The third kappa shape index (κ3) is 4.84. The van der Waals surface area contributed by atoms with Crippen molar-refractivity contribution >= 4 is 0 Å². The lowest BCUT2D eigenvalue weighted by Gasteiger charge is -2.39. The molecule has 0 unspecified atom stereocenters. The zero-order chi connectivity index (χ0) is 12.4. The normalized spacial score (nSPS) is 21.4. The summed E-state index contributed by atoms with van der Waals surface area (Å²) in [5, 5.41) is 3.78. The fourth-order valence-corrected chi connectivity index (χ4v) is 2.51. The first kappa shape index (κ1) is 14.0. The van der Waals surface area contributed by atoms with Gasteiger partial charge in [-0.2, -0.15) is 0 Å². The molecule has 1 saturated carbocycles. The molecule has 0 aromatic heterocycles. The van der Waals surface area contributed by atoms with Gasteiger partial charge in [-0.15, -0.1) is 0 Å². The summed E-state index contributed by atoms with van der Waals surface area (Å²) in [5.74, 6) is 0. The second-order valence-electron chi connectivity index (χ2n) is 7.26. The van der Waals surface area contributed by atoms with Crippen LogP contribution >= 0.6 is 0 Å². The van der Waals surface area contributed by atoms with Gasteiger partial charge in [-0.3, -0.25) is 0 Å². The SMILES string of the molecule is CC(C)(C)NC1(COC(C)(C)C)CCCC1. The molecule has 1 fully saturated rings. The van der Waals surface area contributed by atoms with Crippen molar-refractivity contribution in [2.24, 2.45) is 0 Å². The Morgan fingerprint density at radius 3 is 1.88 bits per heavy atom. The molecule has 0 aromatic rings. The summed E-state index contributed by atoms with van der Waals surface area (Å²) in [7, 11) is 0. The molecule has 2 heteroatoms. The molecular weight excluding hydrogens is 198 g/mol. The minimum absolute atomic E-state index is 0.0326. The van der Waals surface area contributed by atoms with E-state index >= 15 is 0 Å². The van der Waals surface area contributed by atoms with Crippen LogP contribution in [0.15, 0.2) is 0 Å². The predicted octanol–water partition coefficient (Wildman–Crippen LogP) is 3.50. The number of ether oxygens (including phenoxy) is 1. The predicted molar refractivity (Wildman–Crippen MR) is 69.8 cm³/mol. The van der Waals surface area contributed by atoms with E-state index in [1.807, 2.05) is 0 Å². The van der Waals surface area contributed by atoms with Crippen molar-refractivity contribution in [2.45, 2.75) is 83.9 Å². The second kappa shape index (κ2) is 4.66. The zero-order valence-electron chi connectivity index (χ0n) is 11.9. The lowest BCUT2D eigenvalue weighted by Crippen LogP contribution is -2.56. The maximum atomic E-state index is 6.00. The van der Waals surface area contributed by atoms with Crippen LogP contribution in [0.2, 0.25) is 0 Å². The van der Waals surface area contributed by atoms with E-state index in [1.54, 1.807) is 0 Å². The van der Waals surface area contributed by atoms with Crippen LogP contribution in [-0.2, 0) is 4.74 Å². The van der Waals surface area contributed by atoms with Gasteiger partial charge in [0.25, 0.3) is 0 Å². The Kier molecular flexibility index (Phi) is 4.07. The lowest BCUT2D eigenvalue weighted by molar-refractivity contribution is -0.0409. The van der Waals surface area contributed by atoms with E-state index in [0.717, 1.165) is 6.61 Å². The van der Waals surface area contributed by atoms with Crippen LogP contribution in [0, 0.1) is 0 Å². The summed E-state index contributed by atoms with van der Waals surface area (Å²) in [6, 6.07) is 0. The van der Waals surface area contributed by atoms with Crippen LogP contribution in [-0.4, -0.2) is 23.3 Å². The van der Waals surface area contributed by atoms with Crippen molar-refractivity contribution in [2.75, 3.05) is 6.61 Å². The van der Waals surface area contributed by atoms with E-state index in [4.69, 9.17) is 4.74 Å². The topological polar surface area (TPSA) is 21.3 Å². The quantitative estimate of drug-likeness (QED) is 0.796. The molecule has 1 aliphatic carbocycles. The molecule has 0 bridgehead atoms. The Bertz CT molecular complexity index is 216. The van der Waals surface area contributed by atoms with Crippen molar-refractivity contribution in [3.05, 3.63) is 0 Å². The van der Waals surface area contributed by atoms with Crippen LogP contribution < -0.4 is 5.32 Å². The number of hydrogen-bond donors (Lipinski definition) is 1. The fraction of sp³-hybridized carbons (Fsp3) is 1.00. The molecule has 0 saturated heterocycles. The smallest absolute Gasteiger partial charge is 0.0655 e. The Hall–Kier alpha value is -0.0800. The van der Waals surface area contributed by atoms with Gasteiger partial charge >= 0.3 is 0 Å². The summed E-state index contributed by atoms with van der Waals surface area (Å²) in [4.78, 5) is 0. The van der Waals surface area contributed by atoms with Gasteiger partial charge in [0.1, 0.15) is 0 Å². The first-order valence-corrected chi connectivity index (χ1v) is 6.55. The van der Waals surface area contributed by atoms with E-state index in [2.05, 4.69) is 46.9 Å². The first-order valence-electron chi connectivity index (χ1n) is 6.55. The summed E-state index contributed by atoms with van der Waals surface area (Å²) in [5.41, 5.74) is 0.353. The van der Waals surface area contributed by atoms with E-state index in [-0.39, 0.29) is 16.7 Å². The van der Waals surface area contributed by atoms with Crippen molar-refractivity contribution in [3.8, 4) is 0 Å². The van der Waals surface area contributed by atoms with Gasteiger partial charge in [0.2, 0.25) is 0 Å². The van der Waals surface area contributed by atoms with E-state index in [1.165, 1.54) is 25.7 Å². The molecular formula is C14H29NO. The van der Waals surface area contributed by atoms with Crippen molar-refractivity contribution in [1.82, 2.24) is 5.32 Å². The van der Waals surface area contributed by atoms with Gasteiger partial charge in [-0.25, -0.2) is 0 Å². The minimum atomic E-state index is -0.0326. The summed E-state index contributed by atoms with van der Waals surface area (Å²) in [6.45, 7) is 14.0. The number of hydrogen-bond acceptors (Lipinski definition) is 2. The molecule has 2 nitrogen and oxygen atoms in total. The molecule has 0 amide bonds. The van der Waals surface area contributed by atoms with Crippen LogP contribution in [0.4, 0.5) is 0 Å². The van der Waals surface area contributed by atoms with E-state index in [9.17, 15) is 0 Å². The van der Waals surface area contributed by atoms with Crippen LogP contribution in [0.3, 0.4) is 0 Å². The third-order valence-corrected chi connectivity index (χ3v) is 2.98. The first-order chi connectivity index (χ1) is 7.12. The molecule has 16 heavy (non-hydrogen) atoms. The molecule has 0 radical (unpaired) electrons. The highest BCUT2D eigenvalue weighted by atomic mass is 16.5. The van der Waals surface area contributed by atoms with Crippen molar-refractivity contribution in [1.29, 1.82) is 0 Å². The molecule has 0 atom stereocenters. The summed E-state index contributed by atoms with van der Waals surface area (Å²) >= 11 is 0. The maximum absolute atomic E-state index is 6.00. The van der Waals surface area contributed by atoms with Crippen LogP contribution in [0.5, 0.6) is 0 Å². The zero-order valence-corrected chi connectivity index (χ0v) is 11.9. The number of nitrogens with one attached hydrogen (secondary N) is 1. The summed E-state index contributed by atoms with van der Waals surface area (Å²) in [6.07, 6.45) is 5.16. The third-order valence-electron chi connectivity index (χ3n) is 2.98. The van der Waals surface area contributed by atoms with Gasteiger partial charge < -0.3 is 10.1 Å². The largest absolute Gasteiger partial charge is 0.374 e. The van der Waals surface area contributed by atoms with E-state index in [0.29, 0.717) is 0 Å². The number of rotatable bonds is 3. The average molecular weight is 227 g/mol. The Morgan fingerprint density at radius 2 is 1.50 bits per heavy atom. The Labute approximate surface area is 101 Å². The molecule has 96 valence electrons. The van der Waals surface area contributed by atoms with Gasteiger partial charge in [0, 0.05) is 11.1 Å². The lowest BCUT2D eigenvalue weighted by atomic mass is 9.93. The highest BCUT2D eigenvalue weighted by Gasteiger charge is 2.37. The molecule has 1 rings (SSSR count). The van der Waals surface area contributed by atoms with E-state index < -0.39 is 0 Å². The second-order valence-corrected chi connectivity index (χ2v) is 7.26. The van der Waals surface area contributed by atoms with Gasteiger partial charge in [-0.1, -0.05) is 12.8 Å². The molecule has 0 spiro atoms. The fourth-order valence-electron chi connectivity index (χ4n) is 2.51. The van der Waals surface area contributed by atoms with Crippen molar-refractivity contribution in [3.63, 3.8) is 0 Å². The van der Waals surface area contributed by atoms with Crippen molar-refractivity contribution < 1.29 is 4.74 Å². The monoisotopic (exact) mass is 227 g/mol. The maximum Gasteiger partial charge on any atom is 0.0655 e. The molecule has 0 aliphatic heterocycles. The molecule has 0 heterocycles. The standard InChI is InChI=1S/C14H29NO/c1-12(2,3)15-14(9-7-8-10-14)11-16-13(4,5)6/h15H,7-11H2,1-6H3. The average Bonchev–Trinajstić information content (AvgIpc) is 2.46. The minimum Gasteiger partial charge on any atom is -0.374 e. The summed E-state index contributed by atoms with van der Waals surface area (Å²) < 4.78 is 6.00. The highest BCUT2D eigenvalue weighted by Crippen LogP contribution is 2.32.